The lowest BCUT2D eigenvalue weighted by Gasteiger charge is -2.25. The average Bonchev–Trinajstić information content (AvgIpc) is 2.42. The summed E-state index contributed by atoms with van der Waals surface area (Å²) in [7, 11) is 0. The van der Waals surface area contributed by atoms with Crippen molar-refractivity contribution >= 4 is 11.9 Å². The van der Waals surface area contributed by atoms with Crippen LogP contribution in [0, 0.1) is 32.6 Å². The molecule has 0 heterocycles. The maximum Gasteiger partial charge on any atom is 0.503 e. The highest BCUT2D eigenvalue weighted by Gasteiger charge is 2.24. The van der Waals surface area contributed by atoms with Crippen LogP contribution in [0.1, 0.15) is 54.9 Å². The first-order chi connectivity index (χ1) is 10.7. The number of carboxylic acid groups (broad SMARTS) is 2. The molecule has 2 N–H and O–H groups in total. The first-order valence-electron chi connectivity index (χ1n) is 8.22. The molecule has 1 fully saturated rings. The minimum atomic E-state index is -1.83. The number of rotatable bonds is 3. The van der Waals surface area contributed by atoms with E-state index in [-0.39, 0.29) is 0 Å². The van der Waals surface area contributed by atoms with Gasteiger partial charge in [0.2, 0.25) is 0 Å². The second kappa shape index (κ2) is 8.70. The van der Waals surface area contributed by atoms with Gasteiger partial charge in [0.05, 0.1) is 0 Å². The summed E-state index contributed by atoms with van der Waals surface area (Å²) in [6, 6.07) is 4.39. The summed E-state index contributed by atoms with van der Waals surface area (Å²) in [4.78, 5) is 21.0. The van der Waals surface area contributed by atoms with Gasteiger partial charge in [-0.3, -0.25) is 4.79 Å². The molecule has 1 aliphatic carbocycles. The summed E-state index contributed by atoms with van der Waals surface area (Å²) in [5.74, 6) is 1.59. The maximum absolute atomic E-state index is 12.5. The number of ketones is 1. The Morgan fingerprint density at radius 1 is 1.00 bits per heavy atom. The molecule has 4 nitrogen and oxygen atoms in total. The third-order valence-corrected chi connectivity index (χ3v) is 4.66. The number of Topliss-reactive ketones (excluding diaryl/α,β-unsaturated/α-hetero) is 1. The average molecular weight is 320 g/mol. The summed E-state index contributed by atoms with van der Waals surface area (Å²) >= 11 is 0. The van der Waals surface area contributed by atoms with Crippen molar-refractivity contribution in [3.8, 4) is 0 Å². The quantitative estimate of drug-likeness (QED) is 0.841. The van der Waals surface area contributed by atoms with Crippen molar-refractivity contribution in [2.75, 3.05) is 0 Å². The maximum atomic E-state index is 12.5. The first kappa shape index (κ1) is 19.2. The fraction of sp³-hybridized carbons (Fsp3) is 0.579. The highest BCUT2D eigenvalue weighted by atomic mass is 16.6. The minimum absolute atomic E-state index is 0.316. The molecule has 0 amide bonds. The van der Waals surface area contributed by atoms with Gasteiger partial charge in [-0.25, -0.2) is 4.79 Å². The molecule has 0 aliphatic heterocycles. The lowest BCUT2D eigenvalue weighted by molar-refractivity contribution is -0.123. The number of hydrogen-bond acceptors (Lipinski definition) is 2. The summed E-state index contributed by atoms with van der Waals surface area (Å²) in [6.45, 7) is 8.68. The summed E-state index contributed by atoms with van der Waals surface area (Å²) < 4.78 is 0. The molecule has 0 unspecified atom stereocenters. The number of carbonyl (C=O) groups is 2. The Bertz CT molecular complexity index is 527. The smallest absolute Gasteiger partial charge is 0.450 e. The van der Waals surface area contributed by atoms with Gasteiger partial charge in [0.15, 0.2) is 0 Å². The Balaban J connectivity index is 0.000000593. The third kappa shape index (κ3) is 6.43. The van der Waals surface area contributed by atoms with Crippen LogP contribution in [-0.4, -0.2) is 22.2 Å². The largest absolute Gasteiger partial charge is 0.503 e. The van der Waals surface area contributed by atoms with E-state index in [9.17, 15) is 4.79 Å². The molecule has 0 radical (unpaired) electrons. The van der Waals surface area contributed by atoms with Crippen LogP contribution in [-0.2, 0) is 11.2 Å². The van der Waals surface area contributed by atoms with Crippen molar-refractivity contribution in [3.05, 3.63) is 34.4 Å². The van der Waals surface area contributed by atoms with Crippen molar-refractivity contribution < 1.29 is 19.8 Å². The summed E-state index contributed by atoms with van der Waals surface area (Å²) in [5.41, 5.74) is 5.09. The van der Waals surface area contributed by atoms with Gasteiger partial charge in [-0.2, -0.15) is 0 Å². The van der Waals surface area contributed by atoms with E-state index in [1.165, 1.54) is 35.1 Å². The summed E-state index contributed by atoms with van der Waals surface area (Å²) in [6.07, 6.45) is 3.45. The van der Waals surface area contributed by atoms with Crippen molar-refractivity contribution in [2.45, 2.75) is 59.8 Å². The van der Waals surface area contributed by atoms with Gasteiger partial charge in [-0.15, -0.1) is 0 Å². The molecule has 0 aromatic heterocycles. The van der Waals surface area contributed by atoms with E-state index in [1.54, 1.807) is 0 Å². The zero-order valence-electron chi connectivity index (χ0n) is 14.6. The molecule has 4 heteroatoms. The van der Waals surface area contributed by atoms with Crippen LogP contribution >= 0.6 is 0 Å². The summed E-state index contributed by atoms with van der Waals surface area (Å²) in [5, 5.41) is 13.9. The molecule has 0 atom stereocenters. The van der Waals surface area contributed by atoms with Crippen molar-refractivity contribution in [2.24, 2.45) is 11.8 Å². The van der Waals surface area contributed by atoms with Gasteiger partial charge < -0.3 is 10.2 Å². The predicted octanol–water partition coefficient (Wildman–Crippen LogP) is 4.77. The molecule has 2 rings (SSSR count). The SMILES string of the molecule is Cc1cc(C)c(CC(=O)C2CCC(C)CC2)c(C)c1.O=C(O)O. The van der Waals surface area contributed by atoms with Crippen LogP contribution in [0.25, 0.3) is 0 Å². The number of carbonyl (C=O) groups excluding carboxylic acids is 1. The second-order valence-corrected chi connectivity index (χ2v) is 6.76. The lowest BCUT2D eigenvalue weighted by Crippen LogP contribution is -2.23. The van der Waals surface area contributed by atoms with Crippen molar-refractivity contribution in [1.29, 1.82) is 0 Å². The van der Waals surface area contributed by atoms with E-state index in [2.05, 4.69) is 39.8 Å². The fourth-order valence-electron chi connectivity index (χ4n) is 3.39. The molecule has 1 aromatic rings. The van der Waals surface area contributed by atoms with Gasteiger partial charge in [0.25, 0.3) is 0 Å². The second-order valence-electron chi connectivity index (χ2n) is 6.76. The van der Waals surface area contributed by atoms with Gasteiger partial charge in [-0.1, -0.05) is 37.5 Å². The molecule has 1 saturated carbocycles. The Labute approximate surface area is 138 Å². The topological polar surface area (TPSA) is 74.6 Å². The zero-order chi connectivity index (χ0) is 17.6. The number of hydrogen-bond donors (Lipinski definition) is 2. The number of aryl methyl sites for hydroxylation is 3. The highest BCUT2D eigenvalue weighted by Crippen LogP contribution is 2.30. The van der Waals surface area contributed by atoms with Crippen LogP contribution in [0.15, 0.2) is 12.1 Å². The van der Waals surface area contributed by atoms with Crippen molar-refractivity contribution in [3.63, 3.8) is 0 Å². The van der Waals surface area contributed by atoms with Crippen LogP contribution < -0.4 is 0 Å². The number of benzene rings is 1. The van der Waals surface area contributed by atoms with E-state index < -0.39 is 6.16 Å². The molecule has 0 spiro atoms. The fourth-order valence-corrected chi connectivity index (χ4v) is 3.39. The normalized spacial score (nSPS) is 20.3. The van der Waals surface area contributed by atoms with E-state index in [0.717, 1.165) is 18.8 Å². The van der Waals surface area contributed by atoms with Gasteiger partial charge >= 0.3 is 6.16 Å². The van der Waals surface area contributed by atoms with E-state index in [0.29, 0.717) is 18.1 Å². The van der Waals surface area contributed by atoms with E-state index in [4.69, 9.17) is 15.0 Å². The minimum Gasteiger partial charge on any atom is -0.450 e. The zero-order valence-corrected chi connectivity index (χ0v) is 14.6. The molecular formula is C19H28O4. The van der Waals surface area contributed by atoms with Gasteiger partial charge in [0.1, 0.15) is 5.78 Å². The molecule has 0 saturated heterocycles. The molecule has 0 bridgehead atoms. The first-order valence-corrected chi connectivity index (χ1v) is 8.22. The Morgan fingerprint density at radius 2 is 1.43 bits per heavy atom. The van der Waals surface area contributed by atoms with Gasteiger partial charge in [-0.05, 0) is 56.2 Å². The van der Waals surface area contributed by atoms with E-state index in [1.807, 2.05) is 0 Å². The molecule has 1 aromatic carbocycles. The third-order valence-electron chi connectivity index (χ3n) is 4.66. The van der Waals surface area contributed by atoms with Crippen LogP contribution in [0.5, 0.6) is 0 Å². The van der Waals surface area contributed by atoms with Crippen molar-refractivity contribution in [1.82, 2.24) is 0 Å². The molecule has 1 aliphatic rings. The Morgan fingerprint density at radius 3 is 1.87 bits per heavy atom. The molecule has 23 heavy (non-hydrogen) atoms. The van der Waals surface area contributed by atoms with Crippen LogP contribution in [0.3, 0.4) is 0 Å². The predicted molar refractivity (Wildman–Crippen MR) is 91.1 cm³/mol. The van der Waals surface area contributed by atoms with E-state index >= 15 is 0 Å². The standard InChI is InChI=1S/C18H26O.CH2O3/c1-12-5-7-16(8-6-12)18(19)11-17-14(3)9-13(2)10-15(17)4;2-1(3)4/h9-10,12,16H,5-8,11H2,1-4H3;(H2,2,3,4). The van der Waals surface area contributed by atoms with Crippen LogP contribution in [0.2, 0.25) is 0 Å². The molecule has 128 valence electrons. The Kier molecular flexibility index (Phi) is 7.27. The van der Waals surface area contributed by atoms with Gasteiger partial charge in [0, 0.05) is 12.3 Å². The monoisotopic (exact) mass is 320 g/mol. The van der Waals surface area contributed by atoms with Crippen LogP contribution in [0.4, 0.5) is 4.79 Å². The Hall–Kier alpha value is -1.84. The highest BCUT2D eigenvalue weighted by molar-refractivity contribution is 5.84. The molecular weight excluding hydrogens is 292 g/mol. The lowest BCUT2D eigenvalue weighted by atomic mass is 9.79.